The minimum absolute atomic E-state index is 0.113. The van der Waals surface area contributed by atoms with Gasteiger partial charge in [0, 0.05) is 12.3 Å². The molecule has 17 heavy (non-hydrogen) atoms. The molecular weight excluding hydrogens is 330 g/mol. The Bertz CT molecular complexity index is 619. The Labute approximate surface area is 113 Å². The van der Waals surface area contributed by atoms with Gasteiger partial charge in [0.25, 0.3) is 5.56 Å². The Kier molecular flexibility index (Phi) is 3.65. The van der Waals surface area contributed by atoms with E-state index in [1.807, 2.05) is 0 Å². The predicted molar refractivity (Wildman–Crippen MR) is 68.1 cm³/mol. The van der Waals surface area contributed by atoms with E-state index in [0.717, 1.165) is 11.8 Å². The SMILES string of the molecule is Nc1cc(=O)[nH]c(Sc2nc(Cl)ncc2Br)n1. The van der Waals surface area contributed by atoms with Crippen LogP contribution in [-0.4, -0.2) is 19.9 Å². The summed E-state index contributed by atoms with van der Waals surface area (Å²) in [6, 6.07) is 1.20. The van der Waals surface area contributed by atoms with Crippen molar-refractivity contribution in [1.29, 1.82) is 0 Å². The number of halogens is 2. The second-order valence-corrected chi connectivity index (χ2v) is 5.04. The predicted octanol–water partition coefficient (Wildman–Crippen LogP) is 1.71. The molecule has 0 aliphatic heterocycles. The third-order valence-electron chi connectivity index (χ3n) is 1.62. The number of nitrogens with zero attached hydrogens (tertiary/aromatic N) is 3. The summed E-state index contributed by atoms with van der Waals surface area (Å²) in [4.78, 5) is 25.5. The van der Waals surface area contributed by atoms with Crippen LogP contribution in [0.15, 0.2) is 31.7 Å². The number of H-pyrrole nitrogens is 1. The van der Waals surface area contributed by atoms with Gasteiger partial charge in [0.1, 0.15) is 10.8 Å². The van der Waals surface area contributed by atoms with E-state index >= 15 is 0 Å². The fourth-order valence-corrected chi connectivity index (χ4v) is 2.38. The summed E-state index contributed by atoms with van der Waals surface area (Å²) in [5.74, 6) is 0.146. The van der Waals surface area contributed by atoms with Crippen molar-refractivity contribution in [1.82, 2.24) is 19.9 Å². The topological polar surface area (TPSA) is 97.6 Å². The molecule has 0 spiro atoms. The van der Waals surface area contributed by atoms with Crippen LogP contribution in [0.4, 0.5) is 5.82 Å². The number of nitrogens with one attached hydrogen (secondary N) is 1. The van der Waals surface area contributed by atoms with E-state index < -0.39 is 0 Å². The van der Waals surface area contributed by atoms with Crippen LogP contribution in [0.3, 0.4) is 0 Å². The van der Waals surface area contributed by atoms with Crippen LogP contribution in [-0.2, 0) is 0 Å². The van der Waals surface area contributed by atoms with Crippen molar-refractivity contribution < 1.29 is 0 Å². The summed E-state index contributed by atoms with van der Waals surface area (Å²) in [7, 11) is 0. The van der Waals surface area contributed by atoms with Crippen LogP contribution in [0.2, 0.25) is 5.28 Å². The summed E-state index contributed by atoms with van der Waals surface area (Å²) in [6.07, 6.45) is 1.52. The lowest BCUT2D eigenvalue weighted by Crippen LogP contribution is -2.09. The molecule has 0 saturated carbocycles. The van der Waals surface area contributed by atoms with E-state index in [1.165, 1.54) is 12.3 Å². The standard InChI is InChI=1S/C8H5BrClN5OS/c9-3-2-12-7(10)15-6(3)17-8-13-4(11)1-5(16)14-8/h1-2H,(H3,11,13,14,16). The monoisotopic (exact) mass is 333 g/mol. The van der Waals surface area contributed by atoms with Crippen molar-refractivity contribution in [2.75, 3.05) is 5.73 Å². The second kappa shape index (κ2) is 5.03. The van der Waals surface area contributed by atoms with Gasteiger partial charge in [-0.25, -0.2) is 15.0 Å². The van der Waals surface area contributed by atoms with Crippen LogP contribution in [0.25, 0.3) is 0 Å². The highest BCUT2D eigenvalue weighted by Crippen LogP contribution is 2.29. The van der Waals surface area contributed by atoms with Gasteiger partial charge in [0.2, 0.25) is 5.28 Å². The molecule has 0 aromatic carbocycles. The average molecular weight is 335 g/mol. The zero-order valence-electron chi connectivity index (χ0n) is 8.15. The third-order valence-corrected chi connectivity index (χ3v) is 3.53. The van der Waals surface area contributed by atoms with Gasteiger partial charge in [-0.05, 0) is 39.3 Å². The zero-order chi connectivity index (χ0) is 12.4. The molecule has 2 aromatic heterocycles. The van der Waals surface area contributed by atoms with Crippen LogP contribution in [0.5, 0.6) is 0 Å². The number of hydrogen-bond acceptors (Lipinski definition) is 6. The molecule has 0 unspecified atom stereocenters. The highest BCUT2D eigenvalue weighted by Gasteiger charge is 2.08. The number of hydrogen-bond donors (Lipinski definition) is 2. The van der Waals surface area contributed by atoms with E-state index in [2.05, 4.69) is 35.9 Å². The lowest BCUT2D eigenvalue weighted by atomic mass is 10.6. The largest absolute Gasteiger partial charge is 0.383 e. The van der Waals surface area contributed by atoms with Crippen LogP contribution >= 0.6 is 39.3 Å². The number of nitrogens with two attached hydrogens (primary N) is 1. The van der Waals surface area contributed by atoms with E-state index in [9.17, 15) is 4.79 Å². The molecule has 6 nitrogen and oxygen atoms in total. The van der Waals surface area contributed by atoms with Gasteiger partial charge >= 0.3 is 0 Å². The molecule has 0 aliphatic carbocycles. The maximum Gasteiger partial charge on any atom is 0.253 e. The fourth-order valence-electron chi connectivity index (χ4n) is 0.996. The van der Waals surface area contributed by atoms with Gasteiger partial charge in [0.05, 0.1) is 4.47 Å². The lowest BCUT2D eigenvalue weighted by molar-refractivity contribution is 0.934. The third kappa shape index (κ3) is 3.18. The molecule has 0 aliphatic rings. The van der Waals surface area contributed by atoms with Gasteiger partial charge in [-0.1, -0.05) is 0 Å². The van der Waals surface area contributed by atoms with E-state index in [0.29, 0.717) is 14.7 Å². The Balaban J connectivity index is 2.37. The molecule has 2 aromatic rings. The first-order chi connectivity index (χ1) is 8.04. The number of aromatic amines is 1. The van der Waals surface area contributed by atoms with Crippen LogP contribution < -0.4 is 11.3 Å². The van der Waals surface area contributed by atoms with Crippen LogP contribution in [0.1, 0.15) is 0 Å². The first-order valence-electron chi connectivity index (χ1n) is 4.27. The van der Waals surface area contributed by atoms with Gasteiger partial charge in [-0.2, -0.15) is 0 Å². The first kappa shape index (κ1) is 12.3. The lowest BCUT2D eigenvalue weighted by Gasteiger charge is -2.02. The van der Waals surface area contributed by atoms with Crippen molar-refractivity contribution in [3.8, 4) is 0 Å². The highest BCUT2D eigenvalue weighted by atomic mass is 79.9. The summed E-state index contributed by atoms with van der Waals surface area (Å²) in [5, 5.41) is 0.992. The molecule has 9 heteroatoms. The minimum Gasteiger partial charge on any atom is -0.383 e. The normalized spacial score (nSPS) is 10.5. The molecule has 2 rings (SSSR count). The van der Waals surface area contributed by atoms with Gasteiger partial charge in [-0.3, -0.25) is 4.79 Å². The number of aromatic nitrogens is 4. The Morgan fingerprint density at radius 3 is 2.94 bits per heavy atom. The smallest absolute Gasteiger partial charge is 0.253 e. The van der Waals surface area contributed by atoms with Crippen molar-refractivity contribution in [2.45, 2.75) is 10.2 Å². The van der Waals surface area contributed by atoms with Crippen molar-refractivity contribution in [2.24, 2.45) is 0 Å². The summed E-state index contributed by atoms with van der Waals surface area (Å²) in [5.41, 5.74) is 5.14. The summed E-state index contributed by atoms with van der Waals surface area (Å²) < 4.78 is 0.650. The number of rotatable bonds is 2. The molecule has 0 radical (unpaired) electrons. The van der Waals surface area contributed by atoms with Gasteiger partial charge in [0.15, 0.2) is 5.16 Å². The van der Waals surface area contributed by atoms with Crippen molar-refractivity contribution >= 4 is 45.1 Å². The summed E-state index contributed by atoms with van der Waals surface area (Å²) in [6.45, 7) is 0. The molecule has 88 valence electrons. The molecule has 3 N–H and O–H groups in total. The Morgan fingerprint density at radius 1 is 1.47 bits per heavy atom. The maximum absolute atomic E-state index is 11.2. The molecule has 0 bridgehead atoms. The fraction of sp³-hybridized carbons (Fsp3) is 0. The van der Waals surface area contributed by atoms with E-state index in [-0.39, 0.29) is 16.7 Å². The Morgan fingerprint density at radius 2 is 2.24 bits per heavy atom. The maximum atomic E-state index is 11.2. The second-order valence-electron chi connectivity index (χ2n) is 2.87. The molecule has 2 heterocycles. The van der Waals surface area contributed by atoms with E-state index in [4.69, 9.17) is 17.3 Å². The Hall–Kier alpha value is -1.12. The van der Waals surface area contributed by atoms with Crippen molar-refractivity contribution in [3.05, 3.63) is 32.4 Å². The molecular formula is C8H5BrClN5OS. The first-order valence-corrected chi connectivity index (χ1v) is 6.26. The molecule has 0 amide bonds. The zero-order valence-corrected chi connectivity index (χ0v) is 11.3. The summed E-state index contributed by atoms with van der Waals surface area (Å²) >= 11 is 10.1. The van der Waals surface area contributed by atoms with Gasteiger partial charge in [-0.15, -0.1) is 0 Å². The highest BCUT2D eigenvalue weighted by molar-refractivity contribution is 9.10. The molecule has 0 fully saturated rings. The minimum atomic E-state index is -0.323. The van der Waals surface area contributed by atoms with E-state index in [1.54, 1.807) is 0 Å². The van der Waals surface area contributed by atoms with Crippen molar-refractivity contribution in [3.63, 3.8) is 0 Å². The molecule has 0 saturated heterocycles. The number of nitrogen functional groups attached to an aromatic ring is 1. The quantitative estimate of drug-likeness (QED) is 0.641. The molecule has 0 atom stereocenters. The number of anilines is 1. The van der Waals surface area contributed by atoms with Gasteiger partial charge < -0.3 is 10.7 Å². The average Bonchev–Trinajstić information content (AvgIpc) is 2.22. The van der Waals surface area contributed by atoms with Crippen LogP contribution in [0, 0.1) is 0 Å².